The fourth-order valence-electron chi connectivity index (χ4n) is 4.92. The van der Waals surface area contributed by atoms with Crippen LogP contribution in [-0.4, -0.2) is 44.3 Å². The van der Waals surface area contributed by atoms with Crippen LogP contribution in [0.5, 0.6) is 0 Å². The second-order valence-corrected chi connectivity index (χ2v) is 10.8. The van der Waals surface area contributed by atoms with Crippen molar-refractivity contribution in [2.75, 3.05) is 4.90 Å². The Labute approximate surface area is 215 Å². The highest BCUT2D eigenvalue weighted by Crippen LogP contribution is 2.50. The van der Waals surface area contributed by atoms with Gasteiger partial charge in [-0.05, 0) is 64.4 Å². The number of aromatic nitrogens is 2. The Morgan fingerprint density at radius 3 is 2.26 bits per heavy atom. The quantitative estimate of drug-likeness (QED) is 0.486. The third-order valence-corrected chi connectivity index (χ3v) is 6.45. The van der Waals surface area contributed by atoms with E-state index < -0.39 is 58.4 Å². The molecule has 0 bridgehead atoms. The van der Waals surface area contributed by atoms with Crippen LogP contribution in [0.15, 0.2) is 41.2 Å². The van der Waals surface area contributed by atoms with E-state index in [1.807, 2.05) is 0 Å². The number of nitrogens with zero attached hydrogens (tertiary/aromatic N) is 3. The molecule has 10 nitrogen and oxygen atoms in total. The van der Waals surface area contributed by atoms with Gasteiger partial charge < -0.3 is 10.1 Å². The molecule has 4 amide bonds. The first-order chi connectivity index (χ1) is 17.7. The molecule has 5 rings (SSSR count). The molecule has 0 saturated carbocycles. The number of nitrogens with one attached hydrogen (secondary N) is 2. The minimum Gasteiger partial charge on any atom is -0.443 e. The smallest absolute Gasteiger partial charge is 0.415 e. The SMILES string of the molecule is CC(C)(C)OC(=O)N1c2cc(F)cc3c(=O)[nH]nc(c23)C(N2C(=O)NC(C)(C)C2=O)C1c1ccc(F)cc1. The minimum atomic E-state index is -1.29. The van der Waals surface area contributed by atoms with E-state index in [0.717, 1.165) is 34.1 Å². The summed E-state index contributed by atoms with van der Waals surface area (Å²) in [4.78, 5) is 55.2. The fourth-order valence-corrected chi connectivity index (χ4v) is 4.92. The molecule has 2 N–H and O–H groups in total. The molecule has 2 aromatic carbocycles. The summed E-state index contributed by atoms with van der Waals surface area (Å²) in [5.41, 5.74) is -2.67. The molecular formula is C26H25F2N5O5. The number of hydrogen-bond acceptors (Lipinski definition) is 6. The van der Waals surface area contributed by atoms with E-state index in [1.54, 1.807) is 20.8 Å². The summed E-state index contributed by atoms with van der Waals surface area (Å²) in [6, 6.07) is 3.87. The van der Waals surface area contributed by atoms with Crippen molar-refractivity contribution in [2.45, 2.75) is 57.8 Å². The summed E-state index contributed by atoms with van der Waals surface area (Å²) in [5.74, 6) is -1.98. The van der Waals surface area contributed by atoms with Crippen LogP contribution < -0.4 is 15.8 Å². The number of ether oxygens (including phenoxy) is 1. The molecule has 0 spiro atoms. The maximum absolute atomic E-state index is 14.9. The van der Waals surface area contributed by atoms with Crippen LogP contribution in [0.25, 0.3) is 10.8 Å². The number of imide groups is 1. The number of benzene rings is 2. The molecule has 198 valence electrons. The molecule has 2 atom stereocenters. The highest BCUT2D eigenvalue weighted by atomic mass is 19.1. The average molecular weight is 526 g/mol. The molecular weight excluding hydrogens is 500 g/mol. The summed E-state index contributed by atoms with van der Waals surface area (Å²) < 4.78 is 34.5. The lowest BCUT2D eigenvalue weighted by molar-refractivity contribution is -0.132. The average Bonchev–Trinajstić information content (AvgIpc) is 3.00. The Morgan fingerprint density at radius 2 is 1.68 bits per heavy atom. The first kappa shape index (κ1) is 25.3. The number of rotatable bonds is 2. The molecule has 1 aromatic heterocycles. The van der Waals surface area contributed by atoms with E-state index in [0.29, 0.717) is 5.56 Å². The van der Waals surface area contributed by atoms with Crippen molar-refractivity contribution in [1.82, 2.24) is 20.4 Å². The van der Waals surface area contributed by atoms with Gasteiger partial charge in [0.25, 0.3) is 11.5 Å². The van der Waals surface area contributed by atoms with Gasteiger partial charge in [-0.15, -0.1) is 0 Å². The van der Waals surface area contributed by atoms with E-state index in [-0.39, 0.29) is 22.2 Å². The van der Waals surface area contributed by atoms with E-state index >= 15 is 0 Å². The number of H-pyrrole nitrogens is 1. The van der Waals surface area contributed by atoms with Gasteiger partial charge in [0, 0.05) is 5.39 Å². The molecule has 3 heterocycles. The Bertz CT molecular complexity index is 1560. The number of hydrogen-bond donors (Lipinski definition) is 2. The molecule has 0 aliphatic carbocycles. The third-order valence-electron chi connectivity index (χ3n) is 6.45. The summed E-state index contributed by atoms with van der Waals surface area (Å²) in [6.45, 7) is 7.96. The Hall–Kier alpha value is -4.35. The van der Waals surface area contributed by atoms with E-state index in [4.69, 9.17) is 4.74 Å². The number of carbonyl (C=O) groups is 3. The third kappa shape index (κ3) is 3.96. The Kier molecular flexibility index (Phi) is 5.55. The Morgan fingerprint density at radius 1 is 1.03 bits per heavy atom. The van der Waals surface area contributed by atoms with Gasteiger partial charge in [0.1, 0.15) is 28.8 Å². The van der Waals surface area contributed by atoms with Crippen molar-refractivity contribution in [1.29, 1.82) is 0 Å². The maximum atomic E-state index is 14.9. The zero-order valence-electron chi connectivity index (χ0n) is 21.3. The van der Waals surface area contributed by atoms with Gasteiger partial charge in [-0.1, -0.05) is 12.1 Å². The highest BCUT2D eigenvalue weighted by molar-refractivity contribution is 6.09. The molecule has 1 fully saturated rings. The number of urea groups is 1. The largest absolute Gasteiger partial charge is 0.443 e. The van der Waals surface area contributed by atoms with Crippen LogP contribution in [-0.2, 0) is 9.53 Å². The topological polar surface area (TPSA) is 125 Å². The number of carbonyl (C=O) groups excluding carboxylic acids is 3. The predicted octanol–water partition coefficient (Wildman–Crippen LogP) is 4.07. The fraction of sp³-hybridized carbons (Fsp3) is 0.346. The molecule has 38 heavy (non-hydrogen) atoms. The normalized spacial score (nSPS) is 20.6. The van der Waals surface area contributed by atoms with Crippen molar-refractivity contribution >= 4 is 34.5 Å². The lowest BCUT2D eigenvalue weighted by Gasteiger charge is -2.44. The zero-order valence-corrected chi connectivity index (χ0v) is 21.3. The molecule has 1 saturated heterocycles. The van der Waals surface area contributed by atoms with Crippen LogP contribution in [0, 0.1) is 11.6 Å². The second-order valence-electron chi connectivity index (χ2n) is 10.8. The monoisotopic (exact) mass is 525 g/mol. The molecule has 3 aromatic rings. The van der Waals surface area contributed by atoms with Crippen molar-refractivity contribution in [3.05, 3.63) is 69.6 Å². The lowest BCUT2D eigenvalue weighted by atomic mass is 9.86. The van der Waals surface area contributed by atoms with Gasteiger partial charge in [0.05, 0.1) is 22.8 Å². The molecule has 0 radical (unpaired) electrons. The van der Waals surface area contributed by atoms with Gasteiger partial charge in [-0.2, -0.15) is 5.10 Å². The van der Waals surface area contributed by atoms with Crippen molar-refractivity contribution in [3.8, 4) is 0 Å². The van der Waals surface area contributed by atoms with E-state index in [1.165, 1.54) is 26.0 Å². The molecule has 12 heteroatoms. The van der Waals surface area contributed by atoms with Crippen molar-refractivity contribution in [3.63, 3.8) is 0 Å². The first-order valence-corrected chi connectivity index (χ1v) is 11.8. The predicted molar refractivity (Wildman–Crippen MR) is 132 cm³/mol. The van der Waals surface area contributed by atoms with Gasteiger partial charge >= 0.3 is 12.1 Å². The van der Waals surface area contributed by atoms with Crippen LogP contribution >= 0.6 is 0 Å². The van der Waals surface area contributed by atoms with Crippen molar-refractivity contribution < 1.29 is 27.9 Å². The summed E-state index contributed by atoms with van der Waals surface area (Å²) in [5, 5.41) is 9.06. The number of anilines is 1. The highest BCUT2D eigenvalue weighted by Gasteiger charge is 2.54. The zero-order chi connectivity index (χ0) is 27.7. The molecule has 2 aliphatic heterocycles. The summed E-state index contributed by atoms with van der Waals surface area (Å²) >= 11 is 0. The second kappa shape index (κ2) is 8.33. The number of amides is 4. The van der Waals surface area contributed by atoms with E-state index in [9.17, 15) is 28.0 Å². The van der Waals surface area contributed by atoms with Crippen LogP contribution in [0.1, 0.15) is 58.0 Å². The van der Waals surface area contributed by atoms with Crippen molar-refractivity contribution in [2.24, 2.45) is 0 Å². The number of aromatic amines is 1. The summed E-state index contributed by atoms with van der Waals surface area (Å²) in [7, 11) is 0. The summed E-state index contributed by atoms with van der Waals surface area (Å²) in [6.07, 6.45) is -0.930. The van der Waals surface area contributed by atoms with Crippen LogP contribution in [0.4, 0.5) is 24.1 Å². The number of halogens is 2. The van der Waals surface area contributed by atoms with Gasteiger partial charge in [0.15, 0.2) is 0 Å². The molecule has 2 unspecified atom stereocenters. The minimum absolute atomic E-state index is 0.0419. The van der Waals surface area contributed by atoms with Gasteiger partial charge in [-0.25, -0.2) is 23.5 Å². The Balaban J connectivity index is 1.88. The van der Waals surface area contributed by atoms with Gasteiger partial charge in [0.2, 0.25) is 0 Å². The standard InChI is InChI=1S/C26H25F2N5O5/c1-25(2,3)38-24(37)32-16-11-14(28)10-15-17(16)18(30-31-21(15)34)20(19(32)12-6-8-13(27)9-7-12)33-22(35)26(4,5)29-23(33)36/h6-11,19-20H,1-5H3,(H,29,36)(H,31,34). The van der Waals surface area contributed by atoms with Crippen LogP contribution in [0.3, 0.4) is 0 Å². The van der Waals surface area contributed by atoms with Gasteiger partial charge in [-0.3, -0.25) is 19.4 Å². The van der Waals surface area contributed by atoms with Crippen LogP contribution in [0.2, 0.25) is 0 Å². The van der Waals surface area contributed by atoms with E-state index in [2.05, 4.69) is 15.5 Å². The first-order valence-electron chi connectivity index (χ1n) is 11.8. The molecule has 2 aliphatic rings. The lowest BCUT2D eigenvalue weighted by Crippen LogP contribution is -2.50. The maximum Gasteiger partial charge on any atom is 0.415 e.